The molecule has 0 fully saturated rings. The summed E-state index contributed by atoms with van der Waals surface area (Å²) in [7, 11) is 0. The fourth-order valence-corrected chi connectivity index (χ4v) is 1.98. The third-order valence-corrected chi connectivity index (χ3v) is 3.02. The normalized spacial score (nSPS) is 17.6. The maximum absolute atomic E-state index is 13.2. The Balaban J connectivity index is 2.33. The first kappa shape index (κ1) is 13.9. The molecule has 1 aliphatic heterocycles. The maximum Gasteiger partial charge on any atom is 0.419 e. The largest absolute Gasteiger partial charge is 0.501 e. The fraction of sp³-hybridized carbons (Fsp3) is 0.385. The van der Waals surface area contributed by atoms with E-state index in [4.69, 9.17) is 10.5 Å². The van der Waals surface area contributed by atoms with Gasteiger partial charge in [-0.15, -0.1) is 0 Å². The van der Waals surface area contributed by atoms with Gasteiger partial charge in [-0.05, 0) is 36.1 Å². The van der Waals surface area contributed by atoms with Crippen molar-refractivity contribution >= 4 is 0 Å². The molecule has 0 aromatic heterocycles. The number of hydrogen-bond acceptors (Lipinski definition) is 2. The van der Waals surface area contributed by atoms with E-state index in [1.807, 2.05) is 0 Å². The number of nitrogens with two attached hydrogens (primary N) is 1. The van der Waals surface area contributed by atoms with Gasteiger partial charge >= 0.3 is 6.18 Å². The molecule has 0 saturated carbocycles. The molecule has 0 radical (unpaired) electrons. The second-order valence-corrected chi connectivity index (χ2v) is 4.38. The highest BCUT2D eigenvalue weighted by molar-refractivity contribution is 5.33. The zero-order chi connectivity index (χ0) is 14.0. The first-order valence-electron chi connectivity index (χ1n) is 5.82. The average molecular weight is 275 g/mol. The van der Waals surface area contributed by atoms with Crippen molar-refractivity contribution in [3.63, 3.8) is 0 Å². The Hall–Kier alpha value is -1.56. The van der Waals surface area contributed by atoms with Crippen molar-refractivity contribution in [1.29, 1.82) is 0 Å². The molecular formula is C13H13F4NO. The van der Waals surface area contributed by atoms with Gasteiger partial charge in [0.25, 0.3) is 0 Å². The molecule has 2 rings (SSSR count). The summed E-state index contributed by atoms with van der Waals surface area (Å²) in [6.45, 7) is 0.577. The van der Waals surface area contributed by atoms with Crippen molar-refractivity contribution in [3.05, 3.63) is 47.0 Å². The van der Waals surface area contributed by atoms with Crippen LogP contribution in [0.1, 0.15) is 30.0 Å². The van der Waals surface area contributed by atoms with Crippen LogP contribution in [0.5, 0.6) is 0 Å². The predicted octanol–water partition coefficient (Wildman–Crippen LogP) is 3.54. The van der Waals surface area contributed by atoms with E-state index < -0.39 is 23.6 Å². The molecule has 0 aliphatic carbocycles. The van der Waals surface area contributed by atoms with E-state index in [1.54, 1.807) is 0 Å². The molecule has 1 aromatic rings. The van der Waals surface area contributed by atoms with Crippen molar-refractivity contribution in [2.75, 3.05) is 6.61 Å². The minimum absolute atomic E-state index is 0.227. The van der Waals surface area contributed by atoms with Gasteiger partial charge in [0.1, 0.15) is 5.82 Å². The summed E-state index contributed by atoms with van der Waals surface area (Å²) in [6.07, 6.45) is -1.81. The summed E-state index contributed by atoms with van der Waals surface area (Å²) >= 11 is 0. The van der Waals surface area contributed by atoms with Crippen molar-refractivity contribution in [2.24, 2.45) is 5.73 Å². The summed E-state index contributed by atoms with van der Waals surface area (Å²) in [5.41, 5.74) is 5.54. The van der Waals surface area contributed by atoms with E-state index in [0.29, 0.717) is 18.6 Å². The smallest absolute Gasteiger partial charge is 0.419 e. The van der Waals surface area contributed by atoms with E-state index >= 15 is 0 Å². The molecule has 0 spiro atoms. The third-order valence-electron chi connectivity index (χ3n) is 3.02. The molecule has 2 N–H and O–H groups in total. The van der Waals surface area contributed by atoms with Gasteiger partial charge in [0.05, 0.1) is 24.5 Å². The monoisotopic (exact) mass is 275 g/mol. The van der Waals surface area contributed by atoms with Gasteiger partial charge in [0.15, 0.2) is 0 Å². The van der Waals surface area contributed by atoms with Crippen LogP contribution in [-0.4, -0.2) is 6.61 Å². The predicted molar refractivity (Wildman–Crippen MR) is 61.6 cm³/mol. The van der Waals surface area contributed by atoms with Crippen molar-refractivity contribution < 1.29 is 22.3 Å². The lowest BCUT2D eigenvalue weighted by molar-refractivity contribution is -0.140. The average Bonchev–Trinajstić information content (AvgIpc) is 2.38. The number of alkyl halides is 3. The number of hydrogen-bond donors (Lipinski definition) is 1. The number of benzene rings is 1. The molecule has 6 heteroatoms. The van der Waals surface area contributed by atoms with Crippen molar-refractivity contribution in [2.45, 2.75) is 25.1 Å². The second kappa shape index (κ2) is 5.21. The summed E-state index contributed by atoms with van der Waals surface area (Å²) in [6, 6.07) is 2.12. The molecule has 2 nitrogen and oxygen atoms in total. The molecule has 1 aromatic carbocycles. The van der Waals surface area contributed by atoms with Crippen LogP contribution in [0.3, 0.4) is 0 Å². The first-order valence-corrected chi connectivity index (χ1v) is 5.82. The van der Waals surface area contributed by atoms with Crippen LogP contribution in [-0.2, 0) is 10.9 Å². The Morgan fingerprint density at radius 3 is 2.58 bits per heavy atom. The van der Waals surface area contributed by atoms with Gasteiger partial charge in [-0.3, -0.25) is 0 Å². The van der Waals surface area contributed by atoms with E-state index in [9.17, 15) is 17.6 Å². The Morgan fingerprint density at radius 2 is 2.00 bits per heavy atom. The van der Waals surface area contributed by atoms with E-state index in [-0.39, 0.29) is 5.56 Å². The molecule has 0 saturated heterocycles. The van der Waals surface area contributed by atoms with Gasteiger partial charge in [0.2, 0.25) is 0 Å². The Morgan fingerprint density at radius 1 is 1.26 bits per heavy atom. The fourth-order valence-electron chi connectivity index (χ4n) is 1.98. The van der Waals surface area contributed by atoms with E-state index in [0.717, 1.165) is 18.6 Å². The molecule has 19 heavy (non-hydrogen) atoms. The summed E-state index contributed by atoms with van der Waals surface area (Å²) in [5, 5.41) is 0. The van der Waals surface area contributed by atoms with Gasteiger partial charge in [-0.25, -0.2) is 4.39 Å². The molecule has 104 valence electrons. The number of rotatable bonds is 2. The zero-order valence-corrected chi connectivity index (χ0v) is 10.0. The Kier molecular flexibility index (Phi) is 3.80. The van der Waals surface area contributed by atoms with Gasteiger partial charge in [-0.2, -0.15) is 13.2 Å². The maximum atomic E-state index is 13.2. The summed E-state index contributed by atoms with van der Waals surface area (Å²) in [5.74, 6) is -1.29. The highest BCUT2D eigenvalue weighted by Gasteiger charge is 2.34. The first-order chi connectivity index (χ1) is 8.89. The lowest BCUT2D eigenvalue weighted by atomic mass is 9.95. The third kappa shape index (κ3) is 3.07. The highest BCUT2D eigenvalue weighted by atomic mass is 19.4. The van der Waals surface area contributed by atoms with Crippen LogP contribution >= 0.6 is 0 Å². The van der Waals surface area contributed by atoms with Gasteiger partial charge in [-0.1, -0.05) is 6.07 Å². The summed E-state index contributed by atoms with van der Waals surface area (Å²) in [4.78, 5) is 0. The molecule has 1 aliphatic rings. The van der Waals surface area contributed by atoms with E-state index in [2.05, 4.69) is 0 Å². The number of ether oxygens (including phenoxy) is 1. The summed E-state index contributed by atoms with van der Waals surface area (Å²) < 4.78 is 56.1. The van der Waals surface area contributed by atoms with Crippen LogP contribution in [0.25, 0.3) is 0 Å². The lowest BCUT2D eigenvalue weighted by Crippen LogP contribution is -2.18. The Bertz CT molecular complexity index is 496. The molecule has 0 bridgehead atoms. The quantitative estimate of drug-likeness (QED) is 0.838. The lowest BCUT2D eigenvalue weighted by Gasteiger charge is -2.21. The number of halogens is 4. The molecule has 1 unspecified atom stereocenters. The van der Waals surface area contributed by atoms with Crippen LogP contribution in [0, 0.1) is 5.82 Å². The molecular weight excluding hydrogens is 262 g/mol. The SMILES string of the molecule is NC(C1=COCCC1)c1ccc(F)c(C(F)(F)F)c1. The van der Waals surface area contributed by atoms with Crippen LogP contribution in [0.4, 0.5) is 17.6 Å². The van der Waals surface area contributed by atoms with Crippen LogP contribution < -0.4 is 5.73 Å². The van der Waals surface area contributed by atoms with Crippen LogP contribution in [0.15, 0.2) is 30.0 Å². The minimum atomic E-state index is -4.72. The molecule has 0 amide bonds. The van der Waals surface area contributed by atoms with Gasteiger partial charge < -0.3 is 10.5 Å². The Labute approximate surface area is 107 Å². The van der Waals surface area contributed by atoms with Crippen molar-refractivity contribution in [3.8, 4) is 0 Å². The van der Waals surface area contributed by atoms with Crippen LogP contribution in [0.2, 0.25) is 0 Å². The standard InChI is InChI=1S/C13H13F4NO/c14-11-4-3-8(6-10(11)13(15,16)17)12(18)9-2-1-5-19-7-9/h3-4,6-7,12H,1-2,5,18H2. The minimum Gasteiger partial charge on any atom is -0.501 e. The second-order valence-electron chi connectivity index (χ2n) is 4.38. The molecule has 1 atom stereocenters. The van der Waals surface area contributed by atoms with E-state index in [1.165, 1.54) is 12.3 Å². The molecule has 1 heterocycles. The van der Waals surface area contributed by atoms with Crippen molar-refractivity contribution in [1.82, 2.24) is 0 Å². The zero-order valence-electron chi connectivity index (χ0n) is 10.0. The highest BCUT2D eigenvalue weighted by Crippen LogP contribution is 2.34. The van der Waals surface area contributed by atoms with Gasteiger partial charge in [0, 0.05) is 0 Å². The topological polar surface area (TPSA) is 35.2 Å².